The van der Waals surface area contributed by atoms with E-state index < -0.39 is 0 Å². The van der Waals surface area contributed by atoms with E-state index in [4.69, 9.17) is 0 Å². The fourth-order valence-electron chi connectivity index (χ4n) is 2.02. The molecule has 3 aromatic rings. The predicted octanol–water partition coefficient (Wildman–Crippen LogP) is 2.36. The van der Waals surface area contributed by atoms with E-state index in [0.29, 0.717) is 5.69 Å². The van der Waals surface area contributed by atoms with Crippen LogP contribution in [0.4, 0.5) is 4.39 Å². The normalized spacial score (nSPS) is 11.1. The van der Waals surface area contributed by atoms with Crippen molar-refractivity contribution in [2.45, 2.75) is 19.8 Å². The molecule has 0 amide bonds. The lowest BCUT2D eigenvalue weighted by molar-refractivity contribution is 0.606. The van der Waals surface area contributed by atoms with Crippen LogP contribution in [0.2, 0.25) is 0 Å². The van der Waals surface area contributed by atoms with Gasteiger partial charge in [-0.05, 0) is 43.5 Å². The molecular weight excluding hydrogens is 243 g/mol. The van der Waals surface area contributed by atoms with Gasteiger partial charge in [-0.25, -0.2) is 13.9 Å². The Hall–Kier alpha value is -2.30. The van der Waals surface area contributed by atoms with E-state index in [0.717, 1.165) is 29.7 Å². The standard InChI is InChI=1S/C14H13FN4/c1-10-13(15)6-5-12(18-10)4-2-11-3-7-14-16-9-17-19(14)8-11/h3,5-9H,2,4H2,1H3. The van der Waals surface area contributed by atoms with Crippen LogP contribution >= 0.6 is 0 Å². The minimum atomic E-state index is -0.257. The molecule has 0 saturated carbocycles. The lowest BCUT2D eigenvalue weighted by atomic mass is 10.1. The van der Waals surface area contributed by atoms with Gasteiger partial charge in [-0.15, -0.1) is 0 Å². The third-order valence-electron chi connectivity index (χ3n) is 3.08. The molecule has 0 atom stereocenters. The highest BCUT2D eigenvalue weighted by Gasteiger charge is 2.03. The average molecular weight is 256 g/mol. The SMILES string of the molecule is Cc1nc(CCc2ccc3ncnn3c2)ccc1F. The lowest BCUT2D eigenvalue weighted by Crippen LogP contribution is -1.99. The Balaban J connectivity index is 1.75. The van der Waals surface area contributed by atoms with Crippen molar-refractivity contribution in [3.05, 3.63) is 59.6 Å². The van der Waals surface area contributed by atoms with Crippen LogP contribution in [-0.2, 0) is 12.8 Å². The van der Waals surface area contributed by atoms with Crippen molar-refractivity contribution in [3.63, 3.8) is 0 Å². The zero-order chi connectivity index (χ0) is 13.2. The molecule has 0 spiro atoms. The lowest BCUT2D eigenvalue weighted by Gasteiger charge is -2.04. The molecule has 0 aromatic carbocycles. The Bertz CT molecular complexity index is 720. The molecule has 0 unspecified atom stereocenters. The van der Waals surface area contributed by atoms with Gasteiger partial charge in [-0.2, -0.15) is 5.10 Å². The second-order valence-electron chi connectivity index (χ2n) is 4.47. The molecule has 96 valence electrons. The summed E-state index contributed by atoms with van der Waals surface area (Å²) >= 11 is 0. The van der Waals surface area contributed by atoms with Gasteiger partial charge in [-0.1, -0.05) is 6.07 Å². The summed E-state index contributed by atoms with van der Waals surface area (Å²) in [5.74, 6) is -0.257. The molecule has 0 fully saturated rings. The van der Waals surface area contributed by atoms with E-state index in [2.05, 4.69) is 15.1 Å². The van der Waals surface area contributed by atoms with Crippen molar-refractivity contribution in [1.29, 1.82) is 0 Å². The molecule has 0 bridgehead atoms. The van der Waals surface area contributed by atoms with Crippen LogP contribution in [0.5, 0.6) is 0 Å². The maximum absolute atomic E-state index is 13.1. The fraction of sp³-hybridized carbons (Fsp3) is 0.214. The van der Waals surface area contributed by atoms with Gasteiger partial charge in [0.1, 0.15) is 12.1 Å². The first-order valence-electron chi connectivity index (χ1n) is 6.13. The summed E-state index contributed by atoms with van der Waals surface area (Å²) in [5, 5.41) is 4.10. The first kappa shape index (κ1) is 11.8. The molecule has 0 radical (unpaired) electrons. The van der Waals surface area contributed by atoms with Gasteiger partial charge in [0.25, 0.3) is 0 Å². The van der Waals surface area contributed by atoms with Gasteiger partial charge in [0.05, 0.1) is 5.69 Å². The molecule has 4 nitrogen and oxygen atoms in total. The summed E-state index contributed by atoms with van der Waals surface area (Å²) in [5.41, 5.74) is 3.34. The van der Waals surface area contributed by atoms with E-state index in [1.807, 2.05) is 18.3 Å². The summed E-state index contributed by atoms with van der Waals surface area (Å²) < 4.78 is 14.9. The van der Waals surface area contributed by atoms with E-state index >= 15 is 0 Å². The zero-order valence-electron chi connectivity index (χ0n) is 10.5. The Morgan fingerprint density at radius 1 is 1.16 bits per heavy atom. The van der Waals surface area contributed by atoms with Crippen molar-refractivity contribution in [2.24, 2.45) is 0 Å². The maximum Gasteiger partial charge on any atom is 0.155 e. The zero-order valence-corrected chi connectivity index (χ0v) is 10.5. The number of hydrogen-bond donors (Lipinski definition) is 0. The number of aryl methyl sites for hydroxylation is 3. The number of fused-ring (bicyclic) bond motifs is 1. The minimum Gasteiger partial charge on any atom is -0.255 e. The molecule has 0 N–H and O–H groups in total. The number of hydrogen-bond acceptors (Lipinski definition) is 3. The Morgan fingerprint density at radius 2 is 2.05 bits per heavy atom. The highest BCUT2D eigenvalue weighted by molar-refractivity contribution is 5.37. The highest BCUT2D eigenvalue weighted by atomic mass is 19.1. The molecule has 0 aliphatic carbocycles. The molecule has 5 heteroatoms. The highest BCUT2D eigenvalue weighted by Crippen LogP contribution is 2.09. The Kier molecular flexibility index (Phi) is 2.95. The first-order valence-corrected chi connectivity index (χ1v) is 6.13. The molecule has 3 aromatic heterocycles. The number of halogens is 1. The summed E-state index contributed by atoms with van der Waals surface area (Å²) in [7, 11) is 0. The second kappa shape index (κ2) is 4.76. The smallest absolute Gasteiger partial charge is 0.155 e. The number of pyridine rings is 2. The van der Waals surface area contributed by atoms with Crippen molar-refractivity contribution in [3.8, 4) is 0 Å². The van der Waals surface area contributed by atoms with Crippen LogP contribution in [0.15, 0.2) is 36.8 Å². The Morgan fingerprint density at radius 3 is 2.89 bits per heavy atom. The maximum atomic E-state index is 13.1. The van der Waals surface area contributed by atoms with Gasteiger partial charge in [0, 0.05) is 11.9 Å². The van der Waals surface area contributed by atoms with Crippen LogP contribution in [0.3, 0.4) is 0 Å². The third-order valence-corrected chi connectivity index (χ3v) is 3.08. The van der Waals surface area contributed by atoms with Gasteiger partial charge < -0.3 is 0 Å². The van der Waals surface area contributed by atoms with Gasteiger partial charge in [0.15, 0.2) is 5.65 Å². The summed E-state index contributed by atoms with van der Waals surface area (Å²) in [4.78, 5) is 8.33. The average Bonchev–Trinajstić information content (AvgIpc) is 2.87. The number of aromatic nitrogens is 4. The third kappa shape index (κ3) is 2.45. The van der Waals surface area contributed by atoms with Crippen LogP contribution < -0.4 is 0 Å². The van der Waals surface area contributed by atoms with E-state index in [-0.39, 0.29) is 5.82 Å². The summed E-state index contributed by atoms with van der Waals surface area (Å²) in [6.45, 7) is 1.68. The fourth-order valence-corrected chi connectivity index (χ4v) is 2.02. The monoisotopic (exact) mass is 256 g/mol. The van der Waals surface area contributed by atoms with E-state index in [1.54, 1.807) is 17.5 Å². The van der Waals surface area contributed by atoms with Crippen LogP contribution in [-0.4, -0.2) is 19.6 Å². The second-order valence-corrected chi connectivity index (χ2v) is 4.47. The quantitative estimate of drug-likeness (QED) is 0.722. The number of rotatable bonds is 3. The predicted molar refractivity (Wildman–Crippen MR) is 69.3 cm³/mol. The van der Waals surface area contributed by atoms with Crippen molar-refractivity contribution < 1.29 is 4.39 Å². The molecule has 0 saturated heterocycles. The first-order chi connectivity index (χ1) is 9.22. The molecular formula is C14H13FN4. The summed E-state index contributed by atoms with van der Waals surface area (Å²) in [6, 6.07) is 7.17. The Labute approximate surface area is 109 Å². The molecule has 0 aliphatic heterocycles. The van der Waals surface area contributed by atoms with Crippen molar-refractivity contribution >= 4 is 5.65 Å². The van der Waals surface area contributed by atoms with Crippen LogP contribution in [0.25, 0.3) is 5.65 Å². The summed E-state index contributed by atoms with van der Waals surface area (Å²) in [6.07, 6.45) is 5.11. The van der Waals surface area contributed by atoms with Gasteiger partial charge >= 0.3 is 0 Å². The molecule has 0 aliphatic rings. The minimum absolute atomic E-state index is 0.257. The van der Waals surface area contributed by atoms with E-state index in [9.17, 15) is 4.39 Å². The van der Waals surface area contributed by atoms with Crippen LogP contribution in [0.1, 0.15) is 17.0 Å². The van der Waals surface area contributed by atoms with Crippen molar-refractivity contribution in [1.82, 2.24) is 19.6 Å². The van der Waals surface area contributed by atoms with E-state index in [1.165, 1.54) is 12.4 Å². The van der Waals surface area contributed by atoms with Crippen molar-refractivity contribution in [2.75, 3.05) is 0 Å². The molecule has 19 heavy (non-hydrogen) atoms. The largest absolute Gasteiger partial charge is 0.255 e. The molecule has 3 rings (SSSR count). The number of nitrogens with zero attached hydrogens (tertiary/aromatic N) is 4. The van der Waals surface area contributed by atoms with Crippen LogP contribution in [0, 0.1) is 12.7 Å². The van der Waals surface area contributed by atoms with Gasteiger partial charge in [-0.3, -0.25) is 4.98 Å². The topological polar surface area (TPSA) is 43.1 Å². The van der Waals surface area contributed by atoms with Gasteiger partial charge in [0.2, 0.25) is 0 Å². The molecule has 3 heterocycles.